The number of nitrogens with one attached hydrogen (secondary N) is 1. The van der Waals surface area contributed by atoms with E-state index in [2.05, 4.69) is 5.32 Å². The minimum Gasteiger partial charge on any atom is -0.497 e. The zero-order valence-electron chi connectivity index (χ0n) is 14.9. The van der Waals surface area contributed by atoms with E-state index in [1.165, 1.54) is 0 Å². The van der Waals surface area contributed by atoms with Gasteiger partial charge in [-0.1, -0.05) is 18.5 Å². The first-order valence-electron chi connectivity index (χ1n) is 8.32. The monoisotopic (exact) mass is 376 g/mol. The molecule has 1 heterocycles. The molecule has 1 aliphatic heterocycles. The molecule has 3 rings (SSSR count). The molecule has 2 aromatic rings. The molecule has 0 fully saturated rings. The molecule has 0 unspecified atom stereocenters. The van der Waals surface area contributed by atoms with E-state index in [1.807, 2.05) is 6.92 Å². The third kappa shape index (κ3) is 3.65. The van der Waals surface area contributed by atoms with Crippen molar-refractivity contribution < 1.29 is 19.0 Å². The smallest absolute Gasteiger partial charge is 0.326 e. The Morgan fingerprint density at radius 1 is 1.27 bits per heavy atom. The Labute approximate surface area is 157 Å². The van der Waals surface area contributed by atoms with E-state index in [4.69, 9.17) is 25.8 Å². The minimum absolute atomic E-state index is 0.0818. The number of hydrogen-bond acceptors (Lipinski definition) is 4. The van der Waals surface area contributed by atoms with Crippen molar-refractivity contribution in [3.05, 3.63) is 41.4 Å². The van der Waals surface area contributed by atoms with E-state index in [9.17, 15) is 4.79 Å². The molecule has 0 saturated heterocycles. The van der Waals surface area contributed by atoms with E-state index >= 15 is 0 Å². The molecule has 7 heteroatoms. The zero-order valence-corrected chi connectivity index (χ0v) is 15.7. The summed E-state index contributed by atoms with van der Waals surface area (Å²) in [6, 6.07) is 10.2. The van der Waals surface area contributed by atoms with Crippen molar-refractivity contribution in [2.75, 3.05) is 31.0 Å². The summed E-state index contributed by atoms with van der Waals surface area (Å²) in [5.74, 6) is 1.81. The standard InChI is InChI=1S/C19H21ClN2O4/c1-4-13-11-22(16-9-12(20)5-7-18(16)26-13)19(23)21-15-10-14(24-2)6-8-17(15)25-3/h5-10,13H,4,11H2,1-3H3,(H,21,23)/t13-/m1/s1. The van der Waals surface area contributed by atoms with E-state index < -0.39 is 0 Å². The number of anilines is 2. The zero-order chi connectivity index (χ0) is 18.7. The summed E-state index contributed by atoms with van der Waals surface area (Å²) in [6.07, 6.45) is 0.704. The van der Waals surface area contributed by atoms with E-state index in [-0.39, 0.29) is 12.1 Å². The summed E-state index contributed by atoms with van der Waals surface area (Å²) in [4.78, 5) is 14.6. The molecule has 0 aliphatic carbocycles. The summed E-state index contributed by atoms with van der Waals surface area (Å²) < 4.78 is 16.5. The topological polar surface area (TPSA) is 60.0 Å². The van der Waals surface area contributed by atoms with Crippen molar-refractivity contribution in [3.63, 3.8) is 0 Å². The van der Waals surface area contributed by atoms with Crippen LogP contribution in [0.4, 0.5) is 16.2 Å². The molecule has 2 aromatic carbocycles. The molecule has 1 atom stereocenters. The molecular formula is C19H21ClN2O4. The van der Waals surface area contributed by atoms with Gasteiger partial charge in [0, 0.05) is 11.1 Å². The van der Waals surface area contributed by atoms with Crippen LogP contribution in [0.3, 0.4) is 0 Å². The lowest BCUT2D eigenvalue weighted by atomic mass is 10.1. The van der Waals surface area contributed by atoms with Gasteiger partial charge in [-0.2, -0.15) is 0 Å². The Kier molecular flexibility index (Phi) is 5.42. The predicted molar refractivity (Wildman–Crippen MR) is 102 cm³/mol. The number of hydrogen-bond donors (Lipinski definition) is 1. The average molecular weight is 377 g/mol. The molecule has 2 amide bonds. The SMILES string of the molecule is CC[C@@H]1CN(C(=O)Nc2cc(OC)ccc2OC)c2cc(Cl)ccc2O1. The number of rotatable bonds is 4. The van der Waals surface area contributed by atoms with Crippen LogP contribution in [-0.4, -0.2) is 32.9 Å². The van der Waals surface area contributed by atoms with Gasteiger partial charge < -0.3 is 19.5 Å². The summed E-state index contributed by atoms with van der Waals surface area (Å²) in [7, 11) is 3.12. The van der Waals surface area contributed by atoms with Crippen molar-refractivity contribution in [2.45, 2.75) is 19.4 Å². The van der Waals surface area contributed by atoms with Gasteiger partial charge in [0.05, 0.1) is 32.1 Å². The summed E-state index contributed by atoms with van der Waals surface area (Å²) in [5, 5.41) is 3.44. The number of urea groups is 1. The van der Waals surface area contributed by atoms with Crippen molar-refractivity contribution in [3.8, 4) is 17.2 Å². The molecule has 0 spiro atoms. The van der Waals surface area contributed by atoms with E-state index in [1.54, 1.807) is 55.5 Å². The summed E-state index contributed by atoms with van der Waals surface area (Å²) in [6.45, 7) is 2.45. The second kappa shape index (κ2) is 7.74. The van der Waals surface area contributed by atoms with Crippen LogP contribution in [0.15, 0.2) is 36.4 Å². The Balaban J connectivity index is 1.91. The van der Waals surface area contributed by atoms with Crippen LogP contribution in [0.2, 0.25) is 5.02 Å². The predicted octanol–water partition coefficient (Wildman–Crippen LogP) is 4.57. The van der Waals surface area contributed by atoms with Gasteiger partial charge in [0.15, 0.2) is 0 Å². The summed E-state index contributed by atoms with van der Waals surface area (Å²) >= 11 is 6.11. The first-order valence-corrected chi connectivity index (χ1v) is 8.70. The lowest BCUT2D eigenvalue weighted by Gasteiger charge is -2.34. The van der Waals surface area contributed by atoms with E-state index in [0.717, 1.165) is 6.42 Å². The Morgan fingerprint density at radius 2 is 2.08 bits per heavy atom. The molecule has 0 bridgehead atoms. The highest BCUT2D eigenvalue weighted by atomic mass is 35.5. The maximum Gasteiger partial charge on any atom is 0.326 e. The fourth-order valence-electron chi connectivity index (χ4n) is 2.82. The van der Waals surface area contributed by atoms with Gasteiger partial charge in [-0.3, -0.25) is 4.90 Å². The van der Waals surface area contributed by atoms with Gasteiger partial charge in [0.1, 0.15) is 23.4 Å². The molecule has 0 aromatic heterocycles. The van der Waals surface area contributed by atoms with Gasteiger partial charge in [-0.15, -0.1) is 0 Å². The number of ether oxygens (including phenoxy) is 3. The van der Waals surface area contributed by atoms with Crippen molar-refractivity contribution in [1.29, 1.82) is 0 Å². The lowest BCUT2D eigenvalue weighted by Crippen LogP contribution is -2.45. The van der Waals surface area contributed by atoms with Gasteiger partial charge in [-0.05, 0) is 36.8 Å². The van der Waals surface area contributed by atoms with Gasteiger partial charge in [0.2, 0.25) is 0 Å². The maximum absolute atomic E-state index is 13.0. The largest absolute Gasteiger partial charge is 0.497 e. The first kappa shape index (κ1) is 18.2. The number of benzene rings is 2. The third-order valence-corrected chi connectivity index (χ3v) is 4.48. The third-order valence-electron chi connectivity index (χ3n) is 4.24. The molecule has 138 valence electrons. The number of nitrogens with zero attached hydrogens (tertiary/aromatic N) is 1. The highest BCUT2D eigenvalue weighted by molar-refractivity contribution is 6.31. The second-order valence-corrected chi connectivity index (χ2v) is 6.30. The number of carbonyl (C=O) groups excluding carboxylic acids is 1. The Morgan fingerprint density at radius 3 is 2.77 bits per heavy atom. The van der Waals surface area contributed by atoms with Crippen LogP contribution in [0.5, 0.6) is 17.2 Å². The second-order valence-electron chi connectivity index (χ2n) is 5.87. The molecule has 6 nitrogen and oxygen atoms in total. The molecule has 1 N–H and O–H groups in total. The van der Waals surface area contributed by atoms with Crippen LogP contribution >= 0.6 is 11.6 Å². The van der Waals surface area contributed by atoms with Crippen molar-refractivity contribution >= 4 is 29.0 Å². The molecule has 1 aliphatic rings. The maximum atomic E-state index is 13.0. The molecule has 0 radical (unpaired) electrons. The highest BCUT2D eigenvalue weighted by Crippen LogP contribution is 2.37. The van der Waals surface area contributed by atoms with Crippen LogP contribution in [0.25, 0.3) is 0 Å². The average Bonchev–Trinajstić information content (AvgIpc) is 2.66. The summed E-state index contributed by atoms with van der Waals surface area (Å²) in [5.41, 5.74) is 1.17. The number of fused-ring (bicyclic) bond motifs is 1. The number of methoxy groups -OCH3 is 2. The lowest BCUT2D eigenvalue weighted by molar-refractivity contribution is 0.188. The molecule has 26 heavy (non-hydrogen) atoms. The Bertz CT molecular complexity index is 812. The minimum atomic E-state index is -0.290. The molecule has 0 saturated carbocycles. The molecular weight excluding hydrogens is 356 g/mol. The quantitative estimate of drug-likeness (QED) is 0.849. The number of amides is 2. The van der Waals surface area contributed by atoms with E-state index in [0.29, 0.717) is 40.2 Å². The van der Waals surface area contributed by atoms with Gasteiger partial charge in [0.25, 0.3) is 0 Å². The van der Waals surface area contributed by atoms with Crippen LogP contribution < -0.4 is 24.4 Å². The fourth-order valence-corrected chi connectivity index (χ4v) is 2.99. The number of carbonyl (C=O) groups is 1. The number of halogens is 1. The first-order chi connectivity index (χ1) is 12.5. The van der Waals surface area contributed by atoms with Gasteiger partial charge in [-0.25, -0.2) is 4.79 Å². The van der Waals surface area contributed by atoms with Crippen LogP contribution in [0.1, 0.15) is 13.3 Å². The van der Waals surface area contributed by atoms with Gasteiger partial charge >= 0.3 is 6.03 Å². The Hall–Kier alpha value is -2.60. The van der Waals surface area contributed by atoms with Crippen molar-refractivity contribution in [1.82, 2.24) is 0 Å². The fraction of sp³-hybridized carbons (Fsp3) is 0.316. The normalized spacial score (nSPS) is 15.7. The van der Waals surface area contributed by atoms with Crippen LogP contribution in [-0.2, 0) is 0 Å². The van der Waals surface area contributed by atoms with Crippen molar-refractivity contribution in [2.24, 2.45) is 0 Å². The van der Waals surface area contributed by atoms with Crippen LogP contribution in [0, 0.1) is 0 Å². The highest BCUT2D eigenvalue weighted by Gasteiger charge is 2.29.